The second kappa shape index (κ2) is 5.24. The molecule has 2 rings (SSSR count). The van der Waals surface area contributed by atoms with Crippen LogP contribution in [-0.4, -0.2) is 40.3 Å². The molecule has 20 heavy (non-hydrogen) atoms. The van der Waals surface area contributed by atoms with Crippen molar-refractivity contribution in [3.05, 3.63) is 30.0 Å². The Balaban J connectivity index is 2.39. The Morgan fingerprint density at radius 3 is 2.60 bits per heavy atom. The van der Waals surface area contributed by atoms with E-state index in [4.69, 9.17) is 5.11 Å². The molecule has 0 aliphatic rings. The van der Waals surface area contributed by atoms with E-state index in [1.54, 1.807) is 38.1 Å². The fourth-order valence-electron chi connectivity index (χ4n) is 1.91. The number of carboxylic acids is 1. The Hall–Kier alpha value is -1.89. The number of nitrogens with zero attached hydrogens (tertiary/aromatic N) is 2. The number of aryl methyl sites for hydroxylation is 1. The standard InChI is InChI=1S/C13H16N2O4S/c1-9(2)20(18,19)8-7-15-11-6-4-3-5-10(11)12(14-15)13(16)17/h3-6,9H,7-8H2,1-2H3,(H,16,17). The Bertz CT molecular complexity index is 747. The maximum absolute atomic E-state index is 11.8. The summed E-state index contributed by atoms with van der Waals surface area (Å²) in [4.78, 5) is 11.1. The molecular formula is C13H16N2O4S. The third-order valence-corrected chi connectivity index (χ3v) is 5.35. The summed E-state index contributed by atoms with van der Waals surface area (Å²) in [5.41, 5.74) is 0.575. The van der Waals surface area contributed by atoms with Gasteiger partial charge in [0.1, 0.15) is 0 Å². The zero-order valence-corrected chi connectivity index (χ0v) is 12.1. The topological polar surface area (TPSA) is 89.3 Å². The number of carbonyl (C=O) groups is 1. The first-order valence-corrected chi connectivity index (χ1v) is 7.95. The van der Waals surface area contributed by atoms with Crippen molar-refractivity contribution >= 4 is 26.7 Å². The lowest BCUT2D eigenvalue weighted by Crippen LogP contribution is -2.21. The highest BCUT2D eigenvalue weighted by Gasteiger charge is 2.19. The second-order valence-electron chi connectivity index (χ2n) is 4.81. The molecule has 0 aliphatic carbocycles. The average molecular weight is 296 g/mol. The zero-order chi connectivity index (χ0) is 14.9. The first-order valence-electron chi connectivity index (χ1n) is 6.23. The summed E-state index contributed by atoms with van der Waals surface area (Å²) in [5, 5.41) is 13.2. The molecule has 0 radical (unpaired) electrons. The van der Waals surface area contributed by atoms with Gasteiger partial charge in [0.15, 0.2) is 15.5 Å². The van der Waals surface area contributed by atoms with Gasteiger partial charge in [0.25, 0.3) is 0 Å². The Morgan fingerprint density at radius 1 is 1.35 bits per heavy atom. The highest BCUT2D eigenvalue weighted by Crippen LogP contribution is 2.18. The number of fused-ring (bicyclic) bond motifs is 1. The minimum atomic E-state index is -3.18. The second-order valence-corrected chi connectivity index (χ2v) is 7.49. The van der Waals surface area contributed by atoms with Crippen molar-refractivity contribution in [3.63, 3.8) is 0 Å². The van der Waals surface area contributed by atoms with Gasteiger partial charge in [-0.2, -0.15) is 5.10 Å². The SMILES string of the molecule is CC(C)S(=O)(=O)CCn1nc(C(=O)O)c2ccccc21. The number of aromatic carboxylic acids is 1. The van der Waals surface area contributed by atoms with Crippen molar-refractivity contribution in [1.82, 2.24) is 9.78 Å². The first-order chi connectivity index (χ1) is 9.33. The van der Waals surface area contributed by atoms with Gasteiger partial charge in [-0.05, 0) is 19.9 Å². The number of aromatic nitrogens is 2. The summed E-state index contributed by atoms with van der Waals surface area (Å²) in [6.07, 6.45) is 0. The first kappa shape index (κ1) is 14.5. The number of sulfone groups is 1. The molecule has 0 spiro atoms. The number of benzene rings is 1. The van der Waals surface area contributed by atoms with Gasteiger partial charge in [0.2, 0.25) is 0 Å². The molecule has 0 atom stereocenters. The highest BCUT2D eigenvalue weighted by molar-refractivity contribution is 7.91. The molecular weight excluding hydrogens is 280 g/mol. The molecule has 0 saturated carbocycles. The van der Waals surface area contributed by atoms with E-state index in [9.17, 15) is 13.2 Å². The summed E-state index contributed by atoms with van der Waals surface area (Å²) in [7, 11) is -3.18. The monoisotopic (exact) mass is 296 g/mol. The molecule has 6 nitrogen and oxygen atoms in total. The van der Waals surface area contributed by atoms with Crippen molar-refractivity contribution in [2.24, 2.45) is 0 Å². The molecule has 1 aromatic heterocycles. The van der Waals surface area contributed by atoms with Crippen molar-refractivity contribution in [1.29, 1.82) is 0 Å². The highest BCUT2D eigenvalue weighted by atomic mass is 32.2. The number of para-hydroxylation sites is 1. The van der Waals surface area contributed by atoms with Gasteiger partial charge in [-0.15, -0.1) is 0 Å². The van der Waals surface area contributed by atoms with Crippen LogP contribution in [-0.2, 0) is 16.4 Å². The average Bonchev–Trinajstić information content (AvgIpc) is 2.75. The number of carboxylic acid groups (broad SMARTS) is 1. The minimum Gasteiger partial charge on any atom is -0.476 e. The van der Waals surface area contributed by atoms with Crippen LogP contribution in [0.2, 0.25) is 0 Å². The maximum atomic E-state index is 11.8. The van der Waals surface area contributed by atoms with Crippen LogP contribution < -0.4 is 0 Å². The molecule has 1 N–H and O–H groups in total. The quantitative estimate of drug-likeness (QED) is 0.904. The van der Waals surface area contributed by atoms with E-state index in [2.05, 4.69) is 5.10 Å². The zero-order valence-electron chi connectivity index (χ0n) is 11.3. The van der Waals surface area contributed by atoms with Crippen LogP contribution in [0.4, 0.5) is 0 Å². The van der Waals surface area contributed by atoms with E-state index in [0.29, 0.717) is 10.9 Å². The Morgan fingerprint density at radius 2 is 2.00 bits per heavy atom. The van der Waals surface area contributed by atoms with E-state index in [-0.39, 0.29) is 18.0 Å². The number of hydrogen-bond acceptors (Lipinski definition) is 4. The molecule has 0 fully saturated rings. The van der Waals surface area contributed by atoms with Crippen LogP contribution in [0.15, 0.2) is 24.3 Å². The lowest BCUT2D eigenvalue weighted by atomic mass is 10.2. The normalized spacial score (nSPS) is 12.2. The van der Waals surface area contributed by atoms with Crippen LogP contribution >= 0.6 is 0 Å². The molecule has 7 heteroatoms. The summed E-state index contributed by atoms with van der Waals surface area (Å²) >= 11 is 0. The van der Waals surface area contributed by atoms with Crippen LogP contribution in [0.5, 0.6) is 0 Å². The van der Waals surface area contributed by atoms with E-state index < -0.39 is 21.1 Å². The third kappa shape index (κ3) is 2.67. The van der Waals surface area contributed by atoms with E-state index in [1.165, 1.54) is 4.68 Å². The molecule has 1 aromatic carbocycles. The lowest BCUT2D eigenvalue weighted by molar-refractivity contribution is 0.0691. The molecule has 0 amide bonds. The van der Waals surface area contributed by atoms with Crippen molar-refractivity contribution in [2.45, 2.75) is 25.6 Å². The van der Waals surface area contributed by atoms with Crippen molar-refractivity contribution < 1.29 is 18.3 Å². The summed E-state index contributed by atoms with van der Waals surface area (Å²) < 4.78 is 25.1. The van der Waals surface area contributed by atoms with Crippen LogP contribution in [0.25, 0.3) is 10.9 Å². The lowest BCUT2D eigenvalue weighted by Gasteiger charge is -2.08. The maximum Gasteiger partial charge on any atom is 0.357 e. The van der Waals surface area contributed by atoms with Crippen LogP contribution in [0, 0.1) is 0 Å². The molecule has 2 aromatic rings. The molecule has 108 valence electrons. The van der Waals surface area contributed by atoms with E-state index >= 15 is 0 Å². The number of rotatable bonds is 5. The van der Waals surface area contributed by atoms with Gasteiger partial charge in [-0.1, -0.05) is 18.2 Å². The van der Waals surface area contributed by atoms with Gasteiger partial charge in [0.05, 0.1) is 23.1 Å². The largest absolute Gasteiger partial charge is 0.476 e. The predicted molar refractivity (Wildman–Crippen MR) is 75.6 cm³/mol. The minimum absolute atomic E-state index is 0.0532. The number of hydrogen-bond donors (Lipinski definition) is 1. The summed E-state index contributed by atoms with van der Waals surface area (Å²) in [5.74, 6) is -1.18. The molecule has 0 saturated heterocycles. The van der Waals surface area contributed by atoms with Gasteiger partial charge < -0.3 is 5.11 Å². The van der Waals surface area contributed by atoms with Gasteiger partial charge >= 0.3 is 5.97 Å². The molecule has 0 bridgehead atoms. The Kier molecular flexibility index (Phi) is 3.80. The van der Waals surface area contributed by atoms with Crippen molar-refractivity contribution in [2.75, 3.05) is 5.75 Å². The summed E-state index contributed by atoms with van der Waals surface area (Å²) in [6, 6.07) is 6.89. The molecule has 0 aliphatic heterocycles. The summed E-state index contributed by atoms with van der Waals surface area (Å²) in [6.45, 7) is 3.40. The molecule has 0 unspecified atom stereocenters. The third-order valence-electron chi connectivity index (χ3n) is 3.17. The van der Waals surface area contributed by atoms with Gasteiger partial charge in [-0.3, -0.25) is 4.68 Å². The fourth-order valence-corrected chi connectivity index (χ4v) is 2.80. The predicted octanol–water partition coefficient (Wildman–Crippen LogP) is 1.56. The van der Waals surface area contributed by atoms with Crippen molar-refractivity contribution in [3.8, 4) is 0 Å². The van der Waals surface area contributed by atoms with Gasteiger partial charge in [-0.25, -0.2) is 13.2 Å². The Labute approximate surface area is 116 Å². The van der Waals surface area contributed by atoms with Gasteiger partial charge in [0, 0.05) is 5.39 Å². The van der Waals surface area contributed by atoms with Crippen LogP contribution in [0.3, 0.4) is 0 Å². The smallest absolute Gasteiger partial charge is 0.357 e. The van der Waals surface area contributed by atoms with E-state index in [1.807, 2.05) is 0 Å². The van der Waals surface area contributed by atoms with E-state index in [0.717, 1.165) is 0 Å². The fraction of sp³-hybridized carbons (Fsp3) is 0.385. The molecule has 1 heterocycles. The van der Waals surface area contributed by atoms with Crippen LogP contribution in [0.1, 0.15) is 24.3 Å².